The minimum absolute atomic E-state index is 0.0637. The van der Waals surface area contributed by atoms with Gasteiger partial charge in [0.25, 0.3) is 0 Å². The summed E-state index contributed by atoms with van der Waals surface area (Å²) in [6.45, 7) is 9.01. The van der Waals surface area contributed by atoms with Crippen LogP contribution in [0.25, 0.3) is 0 Å². The van der Waals surface area contributed by atoms with E-state index in [4.69, 9.17) is 14.2 Å². The average Bonchev–Trinajstić information content (AvgIpc) is 3.15. The summed E-state index contributed by atoms with van der Waals surface area (Å²) >= 11 is 0. The van der Waals surface area contributed by atoms with Gasteiger partial charge < -0.3 is 14.2 Å². The van der Waals surface area contributed by atoms with Crippen LogP contribution < -0.4 is 0 Å². The van der Waals surface area contributed by atoms with Gasteiger partial charge in [-0.05, 0) is 25.2 Å². The topological polar surface area (TPSA) is 78.9 Å². The summed E-state index contributed by atoms with van der Waals surface area (Å²) in [4.78, 5) is 37.7. The van der Waals surface area contributed by atoms with Gasteiger partial charge in [-0.25, -0.2) is 0 Å². The van der Waals surface area contributed by atoms with E-state index >= 15 is 0 Å². The molecule has 0 aromatic carbocycles. The van der Waals surface area contributed by atoms with Gasteiger partial charge in [0, 0.05) is 19.3 Å². The van der Waals surface area contributed by atoms with Crippen molar-refractivity contribution in [2.45, 2.75) is 265 Å². The monoisotopic (exact) mass is 751 g/mol. The maximum Gasteiger partial charge on any atom is 0.306 e. The highest BCUT2D eigenvalue weighted by Gasteiger charge is 2.19. The van der Waals surface area contributed by atoms with E-state index in [1.165, 1.54) is 154 Å². The van der Waals surface area contributed by atoms with Crippen molar-refractivity contribution in [2.24, 2.45) is 5.92 Å². The summed E-state index contributed by atoms with van der Waals surface area (Å²) in [7, 11) is 0. The van der Waals surface area contributed by atoms with Crippen LogP contribution in [0.3, 0.4) is 0 Å². The summed E-state index contributed by atoms with van der Waals surface area (Å²) in [5.74, 6) is 0.0157. The fraction of sp³-hybridized carbons (Fsp3) is 0.936. The zero-order valence-corrected chi connectivity index (χ0v) is 36.0. The van der Waals surface area contributed by atoms with E-state index in [9.17, 15) is 14.4 Å². The number of hydrogen-bond acceptors (Lipinski definition) is 6. The molecule has 0 aliphatic rings. The fourth-order valence-corrected chi connectivity index (χ4v) is 6.95. The van der Waals surface area contributed by atoms with Crippen LogP contribution in [0.15, 0.2) is 0 Å². The van der Waals surface area contributed by atoms with Gasteiger partial charge in [-0.15, -0.1) is 0 Å². The molecule has 0 spiro atoms. The van der Waals surface area contributed by atoms with Crippen molar-refractivity contribution >= 4 is 17.9 Å². The van der Waals surface area contributed by atoms with Crippen molar-refractivity contribution in [3.05, 3.63) is 0 Å². The van der Waals surface area contributed by atoms with Crippen LogP contribution in [-0.2, 0) is 28.6 Å². The first-order valence-corrected chi connectivity index (χ1v) is 23.4. The quantitative estimate of drug-likeness (QED) is 0.0351. The van der Waals surface area contributed by atoms with Gasteiger partial charge in [0.2, 0.25) is 0 Å². The molecule has 1 unspecified atom stereocenters. The molecule has 0 aromatic heterocycles. The Labute approximate surface area is 329 Å². The van der Waals surface area contributed by atoms with Crippen LogP contribution in [0.1, 0.15) is 259 Å². The highest BCUT2D eigenvalue weighted by atomic mass is 16.6. The summed E-state index contributed by atoms with van der Waals surface area (Å²) in [5, 5.41) is 0. The smallest absolute Gasteiger partial charge is 0.306 e. The van der Waals surface area contributed by atoms with E-state index in [0.29, 0.717) is 19.3 Å². The van der Waals surface area contributed by atoms with Crippen LogP contribution in [0, 0.1) is 5.92 Å². The molecule has 314 valence electrons. The number of ether oxygens (including phenoxy) is 3. The second kappa shape index (κ2) is 41.6. The Morgan fingerprint density at radius 3 is 0.981 bits per heavy atom. The maximum absolute atomic E-state index is 12.7. The molecule has 0 amide bonds. The number of hydrogen-bond donors (Lipinski definition) is 0. The van der Waals surface area contributed by atoms with Crippen molar-refractivity contribution in [2.75, 3.05) is 13.2 Å². The van der Waals surface area contributed by atoms with Gasteiger partial charge in [0.1, 0.15) is 13.2 Å². The molecule has 0 fully saturated rings. The Morgan fingerprint density at radius 1 is 0.377 bits per heavy atom. The first kappa shape index (κ1) is 51.4. The molecule has 0 bridgehead atoms. The molecular formula is C47H90O6. The molecule has 0 aliphatic heterocycles. The maximum atomic E-state index is 12.7. The zero-order chi connectivity index (χ0) is 38.9. The van der Waals surface area contributed by atoms with E-state index in [-0.39, 0.29) is 31.1 Å². The molecular weight excluding hydrogens is 661 g/mol. The lowest BCUT2D eigenvalue weighted by Crippen LogP contribution is -2.30. The molecule has 6 heteroatoms. The third-order valence-electron chi connectivity index (χ3n) is 10.9. The lowest BCUT2D eigenvalue weighted by Gasteiger charge is -2.18. The van der Waals surface area contributed by atoms with Crippen LogP contribution in [0.4, 0.5) is 0 Å². The fourth-order valence-electron chi connectivity index (χ4n) is 6.95. The summed E-state index contributed by atoms with van der Waals surface area (Å²) in [5.41, 5.74) is 0. The van der Waals surface area contributed by atoms with Crippen molar-refractivity contribution < 1.29 is 28.6 Å². The van der Waals surface area contributed by atoms with Crippen molar-refractivity contribution in [3.63, 3.8) is 0 Å². The second-order valence-corrected chi connectivity index (χ2v) is 16.3. The van der Waals surface area contributed by atoms with Gasteiger partial charge >= 0.3 is 17.9 Å². The molecule has 0 N–H and O–H groups in total. The van der Waals surface area contributed by atoms with E-state index < -0.39 is 6.10 Å². The van der Waals surface area contributed by atoms with E-state index in [2.05, 4.69) is 27.7 Å². The SMILES string of the molecule is CCCCCCCCCCCCCC(=O)OC[C@@H](COC(=O)CCCCCCCCCCCCC(C)CC)OC(=O)CCCCCCCCCCCC. The molecule has 6 nitrogen and oxygen atoms in total. The second-order valence-electron chi connectivity index (χ2n) is 16.3. The molecule has 0 saturated carbocycles. The highest BCUT2D eigenvalue weighted by Crippen LogP contribution is 2.17. The van der Waals surface area contributed by atoms with Gasteiger partial charge in [-0.2, -0.15) is 0 Å². The van der Waals surface area contributed by atoms with Gasteiger partial charge in [0.15, 0.2) is 6.10 Å². The normalized spacial score (nSPS) is 12.5. The number of carbonyl (C=O) groups excluding carboxylic acids is 3. The number of rotatable bonds is 42. The number of unbranched alkanes of at least 4 members (excludes halogenated alkanes) is 28. The largest absolute Gasteiger partial charge is 0.462 e. The molecule has 0 saturated heterocycles. The molecule has 53 heavy (non-hydrogen) atoms. The Bertz CT molecular complexity index is 798. The first-order valence-electron chi connectivity index (χ1n) is 23.4. The van der Waals surface area contributed by atoms with Crippen molar-refractivity contribution in [3.8, 4) is 0 Å². The number of carbonyl (C=O) groups is 3. The van der Waals surface area contributed by atoms with Crippen LogP contribution >= 0.6 is 0 Å². The minimum Gasteiger partial charge on any atom is -0.462 e. The third-order valence-corrected chi connectivity index (χ3v) is 10.9. The highest BCUT2D eigenvalue weighted by molar-refractivity contribution is 5.71. The Hall–Kier alpha value is -1.59. The summed E-state index contributed by atoms with van der Waals surface area (Å²) < 4.78 is 16.7. The summed E-state index contributed by atoms with van der Waals surface area (Å²) in [6.07, 6.45) is 40.7. The van der Waals surface area contributed by atoms with Crippen LogP contribution in [0.5, 0.6) is 0 Å². The Balaban J connectivity index is 4.31. The Kier molecular flexibility index (Phi) is 40.3. The molecule has 0 radical (unpaired) electrons. The van der Waals surface area contributed by atoms with Crippen molar-refractivity contribution in [1.82, 2.24) is 0 Å². The van der Waals surface area contributed by atoms with Crippen LogP contribution in [-0.4, -0.2) is 37.2 Å². The Morgan fingerprint density at radius 2 is 0.660 bits per heavy atom. The average molecular weight is 751 g/mol. The first-order chi connectivity index (χ1) is 25.9. The van der Waals surface area contributed by atoms with Crippen molar-refractivity contribution in [1.29, 1.82) is 0 Å². The van der Waals surface area contributed by atoms with E-state index in [1.807, 2.05) is 0 Å². The number of esters is 3. The third kappa shape index (κ3) is 39.9. The molecule has 0 aromatic rings. The van der Waals surface area contributed by atoms with E-state index in [0.717, 1.165) is 63.7 Å². The standard InChI is InChI=1S/C47H90O6/c1-5-8-10-12-14-16-18-23-26-30-34-38-45(48)51-41-44(53-47(50)40-36-32-28-22-17-15-13-11-9-6-2)42-52-46(49)39-35-31-27-24-20-19-21-25-29-33-37-43(4)7-3/h43-44H,5-42H2,1-4H3/t43?,44-/m0/s1. The van der Waals surface area contributed by atoms with Gasteiger partial charge in [-0.1, -0.05) is 220 Å². The van der Waals surface area contributed by atoms with Crippen LogP contribution in [0.2, 0.25) is 0 Å². The molecule has 0 heterocycles. The predicted molar refractivity (Wildman–Crippen MR) is 224 cm³/mol. The predicted octanol–water partition coefficient (Wildman–Crippen LogP) is 14.7. The molecule has 2 atom stereocenters. The summed E-state index contributed by atoms with van der Waals surface area (Å²) in [6, 6.07) is 0. The zero-order valence-electron chi connectivity index (χ0n) is 36.0. The lowest BCUT2D eigenvalue weighted by atomic mass is 9.99. The van der Waals surface area contributed by atoms with E-state index in [1.54, 1.807) is 0 Å². The lowest BCUT2D eigenvalue weighted by molar-refractivity contribution is -0.167. The van der Waals surface area contributed by atoms with Gasteiger partial charge in [-0.3, -0.25) is 14.4 Å². The molecule has 0 rings (SSSR count). The van der Waals surface area contributed by atoms with Gasteiger partial charge in [0.05, 0.1) is 0 Å². The molecule has 0 aliphatic carbocycles. The minimum atomic E-state index is -0.758.